The number of nitrogens with zero attached hydrogens (tertiary/aromatic N) is 2. The number of aromatic nitrogens is 2. The zero-order chi connectivity index (χ0) is 14.7. The van der Waals surface area contributed by atoms with Gasteiger partial charge in [0.25, 0.3) is 0 Å². The molecule has 1 aromatic carbocycles. The van der Waals surface area contributed by atoms with Crippen LogP contribution in [-0.2, 0) is 12.8 Å². The van der Waals surface area contributed by atoms with Gasteiger partial charge in [0, 0.05) is 24.2 Å². The van der Waals surface area contributed by atoms with Gasteiger partial charge in [0.15, 0.2) is 5.78 Å². The number of fused-ring (bicyclic) bond motifs is 1. The third-order valence-electron chi connectivity index (χ3n) is 3.61. The number of aryl methyl sites for hydroxylation is 1. The summed E-state index contributed by atoms with van der Waals surface area (Å²) < 4.78 is 0. The maximum absolute atomic E-state index is 12.4. The molecule has 104 valence electrons. The Labute approximate surface area is 123 Å². The van der Waals surface area contributed by atoms with Gasteiger partial charge in [0.2, 0.25) is 0 Å². The molecular weight excluding hydrogens is 260 g/mol. The molecule has 0 saturated heterocycles. The molecule has 3 rings (SSSR count). The Morgan fingerprint density at radius 3 is 2.71 bits per heavy atom. The van der Waals surface area contributed by atoms with Gasteiger partial charge in [-0.25, -0.2) is 0 Å². The molecule has 2 aromatic heterocycles. The fourth-order valence-electron chi connectivity index (χ4n) is 2.42. The summed E-state index contributed by atoms with van der Waals surface area (Å²) in [6, 6.07) is 13.6. The summed E-state index contributed by atoms with van der Waals surface area (Å²) in [5.41, 5.74) is 3.58. The minimum absolute atomic E-state index is 0.0432. The van der Waals surface area contributed by atoms with Crippen molar-refractivity contribution in [3.63, 3.8) is 0 Å². The Kier molecular flexibility index (Phi) is 3.73. The number of carbonyl (C=O) groups excluding carboxylic acids is 1. The van der Waals surface area contributed by atoms with Crippen LogP contribution in [0.2, 0.25) is 0 Å². The van der Waals surface area contributed by atoms with Crippen LogP contribution in [0, 0.1) is 0 Å². The molecule has 0 radical (unpaired) electrons. The van der Waals surface area contributed by atoms with Crippen molar-refractivity contribution in [2.24, 2.45) is 0 Å². The topological polar surface area (TPSA) is 42.9 Å². The molecule has 0 aliphatic heterocycles. The van der Waals surface area contributed by atoms with Crippen LogP contribution in [-0.4, -0.2) is 15.8 Å². The molecule has 0 N–H and O–H groups in total. The lowest BCUT2D eigenvalue weighted by Crippen LogP contribution is -2.07. The summed E-state index contributed by atoms with van der Waals surface area (Å²) >= 11 is 0. The molecule has 0 fully saturated rings. The molecule has 0 aliphatic carbocycles. The average molecular weight is 276 g/mol. The average Bonchev–Trinajstić information content (AvgIpc) is 2.55. The second-order valence-electron chi connectivity index (χ2n) is 4.99. The van der Waals surface area contributed by atoms with Crippen LogP contribution in [0.1, 0.15) is 28.5 Å². The van der Waals surface area contributed by atoms with E-state index in [-0.39, 0.29) is 5.78 Å². The third kappa shape index (κ3) is 2.82. The van der Waals surface area contributed by atoms with Gasteiger partial charge in [-0.1, -0.05) is 25.1 Å². The van der Waals surface area contributed by atoms with E-state index in [0.717, 1.165) is 28.5 Å². The van der Waals surface area contributed by atoms with Crippen molar-refractivity contribution in [1.29, 1.82) is 0 Å². The maximum atomic E-state index is 12.4. The van der Waals surface area contributed by atoms with Gasteiger partial charge < -0.3 is 0 Å². The standard InChI is InChI=1S/C18H16N2O/c1-2-13-7-9-20-17(11-13)18(21)12-14-8-10-19-16-6-4-3-5-15(14)16/h3-11H,2,12H2,1H3. The van der Waals surface area contributed by atoms with Crippen molar-refractivity contribution >= 4 is 16.7 Å². The summed E-state index contributed by atoms with van der Waals surface area (Å²) in [6.07, 6.45) is 4.71. The summed E-state index contributed by atoms with van der Waals surface area (Å²) in [5, 5.41) is 1.03. The van der Waals surface area contributed by atoms with Crippen molar-refractivity contribution in [2.75, 3.05) is 0 Å². The highest BCUT2D eigenvalue weighted by Crippen LogP contribution is 2.18. The largest absolute Gasteiger partial charge is 0.292 e. The molecule has 3 nitrogen and oxygen atoms in total. The molecule has 0 bridgehead atoms. The van der Waals surface area contributed by atoms with Crippen LogP contribution >= 0.6 is 0 Å². The predicted molar refractivity (Wildman–Crippen MR) is 83.4 cm³/mol. The van der Waals surface area contributed by atoms with E-state index in [9.17, 15) is 4.79 Å². The SMILES string of the molecule is CCc1ccnc(C(=O)Cc2ccnc3ccccc23)c1. The summed E-state index contributed by atoms with van der Waals surface area (Å²) in [5.74, 6) is 0.0432. The van der Waals surface area contributed by atoms with Gasteiger partial charge in [-0.2, -0.15) is 0 Å². The number of carbonyl (C=O) groups is 1. The fourth-order valence-corrected chi connectivity index (χ4v) is 2.42. The van der Waals surface area contributed by atoms with E-state index < -0.39 is 0 Å². The highest BCUT2D eigenvalue weighted by Gasteiger charge is 2.11. The molecule has 21 heavy (non-hydrogen) atoms. The number of para-hydroxylation sites is 1. The number of hydrogen-bond acceptors (Lipinski definition) is 3. The summed E-state index contributed by atoms with van der Waals surface area (Å²) in [4.78, 5) is 21.0. The van der Waals surface area contributed by atoms with Crippen LogP contribution in [0.15, 0.2) is 54.9 Å². The first kappa shape index (κ1) is 13.4. The molecule has 0 amide bonds. The smallest absolute Gasteiger partial charge is 0.185 e. The predicted octanol–water partition coefficient (Wildman–Crippen LogP) is 3.62. The zero-order valence-corrected chi connectivity index (χ0v) is 11.9. The summed E-state index contributed by atoms with van der Waals surface area (Å²) in [7, 11) is 0. The number of Topliss-reactive ketones (excluding diaryl/α,β-unsaturated/α-hetero) is 1. The fraction of sp³-hybridized carbons (Fsp3) is 0.167. The van der Waals surface area contributed by atoms with Crippen molar-refractivity contribution in [2.45, 2.75) is 19.8 Å². The Bertz CT molecular complexity index is 791. The molecule has 3 heteroatoms. The minimum atomic E-state index is 0.0432. The zero-order valence-electron chi connectivity index (χ0n) is 11.9. The minimum Gasteiger partial charge on any atom is -0.292 e. The molecule has 3 aromatic rings. The summed E-state index contributed by atoms with van der Waals surface area (Å²) in [6.45, 7) is 2.07. The molecule has 0 saturated carbocycles. The first-order chi connectivity index (χ1) is 10.3. The Hall–Kier alpha value is -2.55. The number of ketones is 1. The number of benzene rings is 1. The molecule has 0 spiro atoms. The van der Waals surface area contributed by atoms with Crippen LogP contribution in [0.3, 0.4) is 0 Å². The van der Waals surface area contributed by atoms with Gasteiger partial charge in [-0.15, -0.1) is 0 Å². The van der Waals surface area contributed by atoms with Crippen LogP contribution < -0.4 is 0 Å². The van der Waals surface area contributed by atoms with Crippen LogP contribution in [0.25, 0.3) is 10.9 Å². The van der Waals surface area contributed by atoms with Gasteiger partial charge in [-0.3, -0.25) is 14.8 Å². The van der Waals surface area contributed by atoms with Crippen LogP contribution in [0.5, 0.6) is 0 Å². The molecule has 0 atom stereocenters. The lowest BCUT2D eigenvalue weighted by Gasteiger charge is -2.06. The Morgan fingerprint density at radius 2 is 1.86 bits per heavy atom. The Balaban J connectivity index is 1.93. The third-order valence-corrected chi connectivity index (χ3v) is 3.61. The van der Waals surface area contributed by atoms with Crippen molar-refractivity contribution < 1.29 is 4.79 Å². The number of rotatable bonds is 4. The van der Waals surface area contributed by atoms with Gasteiger partial charge in [0.1, 0.15) is 5.69 Å². The highest BCUT2D eigenvalue weighted by molar-refractivity contribution is 5.98. The van der Waals surface area contributed by atoms with Gasteiger partial charge in [-0.05, 0) is 41.8 Å². The van der Waals surface area contributed by atoms with Crippen molar-refractivity contribution in [1.82, 2.24) is 9.97 Å². The first-order valence-corrected chi connectivity index (χ1v) is 7.08. The van der Waals surface area contributed by atoms with Gasteiger partial charge in [0.05, 0.1) is 5.52 Å². The van der Waals surface area contributed by atoms with E-state index in [2.05, 4.69) is 16.9 Å². The van der Waals surface area contributed by atoms with E-state index in [0.29, 0.717) is 12.1 Å². The lowest BCUT2D eigenvalue weighted by atomic mass is 10.0. The Morgan fingerprint density at radius 1 is 1.05 bits per heavy atom. The molecule has 0 unspecified atom stereocenters. The second-order valence-corrected chi connectivity index (χ2v) is 4.99. The van der Waals surface area contributed by atoms with Crippen molar-refractivity contribution in [3.05, 3.63) is 71.7 Å². The second kappa shape index (κ2) is 5.83. The maximum Gasteiger partial charge on any atom is 0.185 e. The first-order valence-electron chi connectivity index (χ1n) is 7.08. The van der Waals surface area contributed by atoms with E-state index in [4.69, 9.17) is 0 Å². The quantitative estimate of drug-likeness (QED) is 0.683. The monoisotopic (exact) mass is 276 g/mol. The van der Waals surface area contributed by atoms with E-state index in [1.807, 2.05) is 42.5 Å². The molecule has 0 aliphatic rings. The lowest BCUT2D eigenvalue weighted by molar-refractivity contribution is 0.0988. The number of hydrogen-bond donors (Lipinski definition) is 0. The molecular formula is C18H16N2O. The van der Waals surface area contributed by atoms with E-state index >= 15 is 0 Å². The normalized spacial score (nSPS) is 10.7. The van der Waals surface area contributed by atoms with Crippen LogP contribution in [0.4, 0.5) is 0 Å². The molecule has 2 heterocycles. The van der Waals surface area contributed by atoms with E-state index in [1.54, 1.807) is 12.4 Å². The highest BCUT2D eigenvalue weighted by atomic mass is 16.1. The van der Waals surface area contributed by atoms with Crippen molar-refractivity contribution in [3.8, 4) is 0 Å². The van der Waals surface area contributed by atoms with E-state index in [1.165, 1.54) is 0 Å². The van der Waals surface area contributed by atoms with Gasteiger partial charge >= 0.3 is 0 Å². The number of pyridine rings is 2.